The predicted octanol–water partition coefficient (Wildman–Crippen LogP) is 1.31. The lowest BCUT2D eigenvalue weighted by Gasteiger charge is -2.25. The van der Waals surface area contributed by atoms with E-state index in [1.54, 1.807) is 4.90 Å². The van der Waals surface area contributed by atoms with E-state index in [1.807, 2.05) is 0 Å². The van der Waals surface area contributed by atoms with Gasteiger partial charge in [0.15, 0.2) is 11.6 Å². The average molecular weight is 357 g/mol. The molecule has 3 aliphatic rings. The van der Waals surface area contributed by atoms with Gasteiger partial charge in [0.1, 0.15) is 17.2 Å². The van der Waals surface area contributed by atoms with E-state index in [4.69, 9.17) is 10.5 Å². The summed E-state index contributed by atoms with van der Waals surface area (Å²) in [6.45, 7) is 0.306. The summed E-state index contributed by atoms with van der Waals surface area (Å²) in [5.74, 6) is -1.07. The van der Waals surface area contributed by atoms with Crippen molar-refractivity contribution >= 4 is 28.3 Å². The average Bonchev–Trinajstić information content (AvgIpc) is 3.19. The molecule has 4 atom stereocenters. The number of cyclic esters (lactones) is 1. The van der Waals surface area contributed by atoms with Gasteiger partial charge in [0, 0.05) is 41.3 Å². The van der Waals surface area contributed by atoms with E-state index in [2.05, 4.69) is 0 Å². The van der Waals surface area contributed by atoms with Crippen LogP contribution in [0.2, 0.25) is 0 Å². The van der Waals surface area contributed by atoms with E-state index in [0.29, 0.717) is 12.2 Å². The van der Waals surface area contributed by atoms with Crippen LogP contribution in [0.3, 0.4) is 0 Å². The third-order valence-electron chi connectivity index (χ3n) is 4.82. The molecule has 3 unspecified atom stereocenters. The second-order valence-electron chi connectivity index (χ2n) is 6.25. The number of carbonyl (C=O) groups excluding carboxylic acids is 1. The lowest BCUT2D eigenvalue weighted by atomic mass is 10.2. The molecule has 2 N–H and O–H groups in total. The number of benzene rings is 1. The minimum Gasteiger partial charge on any atom is -0.443 e. The molecule has 0 saturated carbocycles. The van der Waals surface area contributed by atoms with Gasteiger partial charge in [-0.1, -0.05) is 0 Å². The number of nitrogens with zero attached hydrogens (tertiary/aromatic N) is 2. The Morgan fingerprint density at radius 1 is 1.29 bits per heavy atom. The van der Waals surface area contributed by atoms with E-state index < -0.39 is 34.6 Å². The Morgan fingerprint density at radius 2 is 2.00 bits per heavy atom. The van der Waals surface area contributed by atoms with Crippen molar-refractivity contribution in [1.29, 1.82) is 0 Å². The molecular formula is C15H17F2N3O3S. The molecule has 9 heteroatoms. The normalized spacial score (nSPS) is 31.9. The predicted molar refractivity (Wildman–Crippen MR) is 85.3 cm³/mol. The van der Waals surface area contributed by atoms with Gasteiger partial charge in [-0.2, -0.15) is 0 Å². The zero-order valence-electron chi connectivity index (χ0n) is 12.8. The maximum atomic E-state index is 14.6. The molecule has 3 fully saturated rings. The minimum absolute atomic E-state index is 0.0935. The molecule has 3 saturated heterocycles. The molecule has 0 aromatic heterocycles. The number of rotatable bonds is 3. The number of halogens is 2. The summed E-state index contributed by atoms with van der Waals surface area (Å²) in [6.07, 6.45) is 0.307. The summed E-state index contributed by atoms with van der Waals surface area (Å²) in [5.41, 5.74) is 5.41. The van der Waals surface area contributed by atoms with Crippen LogP contribution in [0.4, 0.5) is 25.0 Å². The Hall–Kier alpha value is -1.74. The van der Waals surface area contributed by atoms with Crippen LogP contribution in [0.25, 0.3) is 0 Å². The number of ether oxygens (including phenoxy) is 1. The first-order chi connectivity index (χ1) is 11.5. The number of fused-ring (bicyclic) bond motifs is 2. The standard InChI is InChI=1S/C15H17F2N3O3S/c16-11-3-9(19-6-10(5-18)23-15(19)21)4-12(17)14(11)20-8-1-2-13(20)24(22)7-8/h3-4,8,10,13H,1-2,5-7,18H2/t8?,10-,13?,24?/m0/s1. The summed E-state index contributed by atoms with van der Waals surface area (Å²) in [7, 11) is -1.08. The summed E-state index contributed by atoms with van der Waals surface area (Å²) < 4.78 is 46.3. The van der Waals surface area contributed by atoms with Crippen LogP contribution in [-0.4, -0.2) is 46.7 Å². The smallest absolute Gasteiger partial charge is 0.414 e. The Balaban J connectivity index is 1.68. The maximum Gasteiger partial charge on any atom is 0.414 e. The van der Waals surface area contributed by atoms with Crippen molar-refractivity contribution in [3.8, 4) is 0 Å². The molecule has 1 amide bonds. The summed E-state index contributed by atoms with van der Waals surface area (Å²) >= 11 is 0. The van der Waals surface area contributed by atoms with Gasteiger partial charge in [0.05, 0.1) is 12.2 Å². The molecule has 3 aliphatic heterocycles. The van der Waals surface area contributed by atoms with Crippen molar-refractivity contribution in [2.24, 2.45) is 5.73 Å². The number of anilines is 2. The van der Waals surface area contributed by atoms with Crippen molar-refractivity contribution in [2.75, 3.05) is 28.6 Å². The molecule has 1 aromatic carbocycles. The SMILES string of the molecule is NC[C@H]1CN(c2cc(F)c(N3C4CCC3S(=O)C4)c(F)c2)C(=O)O1. The molecule has 1 aromatic rings. The number of hydrogen-bond donors (Lipinski definition) is 1. The number of nitrogens with two attached hydrogens (primary N) is 1. The van der Waals surface area contributed by atoms with Crippen LogP contribution in [0.5, 0.6) is 0 Å². The van der Waals surface area contributed by atoms with Crippen LogP contribution in [0, 0.1) is 11.6 Å². The molecule has 6 nitrogen and oxygen atoms in total. The largest absolute Gasteiger partial charge is 0.443 e. The van der Waals surface area contributed by atoms with E-state index >= 15 is 0 Å². The van der Waals surface area contributed by atoms with E-state index in [0.717, 1.165) is 18.6 Å². The molecular weight excluding hydrogens is 340 g/mol. The highest BCUT2D eigenvalue weighted by atomic mass is 32.2. The quantitative estimate of drug-likeness (QED) is 0.883. The Labute approximate surface area is 140 Å². The van der Waals surface area contributed by atoms with Crippen LogP contribution < -0.4 is 15.5 Å². The highest BCUT2D eigenvalue weighted by Gasteiger charge is 2.47. The third kappa shape index (κ3) is 2.29. The molecule has 4 rings (SSSR count). The van der Waals surface area contributed by atoms with Crippen molar-refractivity contribution in [1.82, 2.24) is 0 Å². The lowest BCUT2D eigenvalue weighted by molar-refractivity contribution is 0.145. The van der Waals surface area contributed by atoms with Crippen LogP contribution >= 0.6 is 0 Å². The van der Waals surface area contributed by atoms with Crippen LogP contribution in [0.1, 0.15) is 12.8 Å². The van der Waals surface area contributed by atoms with E-state index in [-0.39, 0.29) is 35.9 Å². The van der Waals surface area contributed by atoms with Gasteiger partial charge in [0.25, 0.3) is 0 Å². The highest BCUT2D eigenvalue weighted by Crippen LogP contribution is 2.42. The molecule has 0 spiro atoms. The summed E-state index contributed by atoms with van der Waals surface area (Å²) in [6, 6.07) is 2.16. The second kappa shape index (κ2) is 5.66. The van der Waals surface area contributed by atoms with Crippen molar-refractivity contribution in [2.45, 2.75) is 30.4 Å². The fraction of sp³-hybridized carbons (Fsp3) is 0.533. The molecule has 0 aliphatic carbocycles. The molecule has 0 radical (unpaired) electrons. The zero-order chi connectivity index (χ0) is 17.0. The van der Waals surface area contributed by atoms with Gasteiger partial charge >= 0.3 is 6.09 Å². The molecule has 130 valence electrons. The van der Waals surface area contributed by atoms with Gasteiger partial charge < -0.3 is 15.4 Å². The van der Waals surface area contributed by atoms with Crippen LogP contribution in [-0.2, 0) is 15.5 Å². The first kappa shape index (κ1) is 15.8. The lowest BCUT2D eigenvalue weighted by Crippen LogP contribution is -2.32. The van der Waals surface area contributed by atoms with Gasteiger partial charge in [-0.15, -0.1) is 0 Å². The van der Waals surface area contributed by atoms with Crippen LogP contribution in [0.15, 0.2) is 12.1 Å². The molecule has 2 bridgehead atoms. The number of amides is 1. The Kier molecular flexibility index (Phi) is 3.72. The molecule has 24 heavy (non-hydrogen) atoms. The highest BCUT2D eigenvalue weighted by molar-refractivity contribution is 7.86. The monoisotopic (exact) mass is 357 g/mol. The third-order valence-corrected chi connectivity index (χ3v) is 6.60. The number of carbonyl (C=O) groups is 1. The minimum atomic E-state index is -1.08. The van der Waals surface area contributed by atoms with E-state index in [1.165, 1.54) is 4.90 Å². The van der Waals surface area contributed by atoms with Crippen molar-refractivity contribution in [3.63, 3.8) is 0 Å². The summed E-state index contributed by atoms with van der Waals surface area (Å²) in [4.78, 5) is 14.6. The Bertz CT molecular complexity index is 709. The van der Waals surface area contributed by atoms with Gasteiger partial charge in [-0.25, -0.2) is 13.6 Å². The van der Waals surface area contributed by atoms with Gasteiger partial charge in [-0.05, 0) is 12.8 Å². The first-order valence-corrected chi connectivity index (χ1v) is 9.20. The summed E-state index contributed by atoms with van der Waals surface area (Å²) in [5, 5.41) is -0.330. The van der Waals surface area contributed by atoms with Gasteiger partial charge in [0.2, 0.25) is 0 Å². The van der Waals surface area contributed by atoms with E-state index in [9.17, 15) is 17.8 Å². The Morgan fingerprint density at radius 3 is 2.50 bits per heavy atom. The topological polar surface area (TPSA) is 75.9 Å². The fourth-order valence-electron chi connectivity index (χ4n) is 3.71. The maximum absolute atomic E-state index is 14.6. The van der Waals surface area contributed by atoms with Gasteiger partial charge in [-0.3, -0.25) is 9.11 Å². The first-order valence-electron chi connectivity index (χ1n) is 7.82. The fourth-order valence-corrected chi connectivity index (χ4v) is 5.57. The zero-order valence-corrected chi connectivity index (χ0v) is 13.6. The number of hydrogen-bond acceptors (Lipinski definition) is 5. The molecule has 3 heterocycles. The second-order valence-corrected chi connectivity index (χ2v) is 7.89. The van der Waals surface area contributed by atoms with Crippen molar-refractivity contribution in [3.05, 3.63) is 23.8 Å². The van der Waals surface area contributed by atoms with Crippen molar-refractivity contribution < 1.29 is 22.5 Å².